The minimum absolute atomic E-state index is 0.125. The Morgan fingerprint density at radius 2 is 2.32 bits per heavy atom. The van der Waals surface area contributed by atoms with E-state index in [4.69, 9.17) is 16.3 Å². The van der Waals surface area contributed by atoms with E-state index in [1.165, 1.54) is 12.8 Å². The second-order valence-corrected chi connectivity index (χ2v) is 6.15. The normalized spacial score (nSPS) is 14.2. The van der Waals surface area contributed by atoms with Gasteiger partial charge in [0.15, 0.2) is 0 Å². The predicted octanol–water partition coefficient (Wildman–Crippen LogP) is 2.98. The number of rotatable bonds is 8. The van der Waals surface area contributed by atoms with Crippen LogP contribution in [0.1, 0.15) is 12.8 Å². The van der Waals surface area contributed by atoms with Crippen LogP contribution in [0, 0.1) is 5.92 Å². The van der Waals surface area contributed by atoms with E-state index in [1.807, 2.05) is 18.2 Å². The van der Waals surface area contributed by atoms with Gasteiger partial charge < -0.3 is 10.1 Å². The van der Waals surface area contributed by atoms with Crippen molar-refractivity contribution in [3.05, 3.63) is 29.3 Å². The lowest BCUT2D eigenvalue weighted by atomic mass is 10.3. The standard InChI is InChI=1S/C14H18ClNO2S/c15-12-2-1-3-13(8-12)18-6-7-19-10-14(17)16-9-11-4-5-11/h1-3,8,11H,4-7,9-10H2,(H,16,17). The Kier molecular flexibility index (Phi) is 5.86. The largest absolute Gasteiger partial charge is 0.493 e. The highest BCUT2D eigenvalue weighted by atomic mass is 35.5. The van der Waals surface area contributed by atoms with Crippen LogP contribution < -0.4 is 10.1 Å². The molecule has 1 aromatic carbocycles. The van der Waals surface area contributed by atoms with Gasteiger partial charge in [-0.1, -0.05) is 17.7 Å². The zero-order chi connectivity index (χ0) is 13.5. The molecule has 0 radical (unpaired) electrons. The van der Waals surface area contributed by atoms with Gasteiger partial charge in [-0.25, -0.2) is 0 Å². The number of nitrogens with one attached hydrogen (secondary N) is 1. The van der Waals surface area contributed by atoms with Crippen molar-refractivity contribution < 1.29 is 9.53 Å². The molecular weight excluding hydrogens is 282 g/mol. The number of carbonyl (C=O) groups excluding carboxylic acids is 1. The molecule has 104 valence electrons. The first-order chi connectivity index (χ1) is 9.24. The lowest BCUT2D eigenvalue weighted by Gasteiger charge is -2.06. The fourth-order valence-electron chi connectivity index (χ4n) is 1.57. The van der Waals surface area contributed by atoms with Crippen molar-refractivity contribution in [2.24, 2.45) is 5.92 Å². The Morgan fingerprint density at radius 1 is 1.47 bits per heavy atom. The SMILES string of the molecule is O=C(CSCCOc1cccc(Cl)c1)NCC1CC1. The maximum absolute atomic E-state index is 11.5. The van der Waals surface area contributed by atoms with Crippen LogP contribution in [0.25, 0.3) is 0 Å². The Bertz CT molecular complexity index is 424. The summed E-state index contributed by atoms with van der Waals surface area (Å²) in [5.41, 5.74) is 0. The maximum Gasteiger partial charge on any atom is 0.230 e. The molecule has 0 bridgehead atoms. The van der Waals surface area contributed by atoms with E-state index < -0.39 is 0 Å². The smallest absolute Gasteiger partial charge is 0.230 e. The van der Waals surface area contributed by atoms with Crippen LogP contribution >= 0.6 is 23.4 Å². The van der Waals surface area contributed by atoms with Gasteiger partial charge in [0.2, 0.25) is 5.91 Å². The average Bonchev–Trinajstić information content (AvgIpc) is 3.20. The molecule has 1 amide bonds. The molecule has 0 aromatic heterocycles. The summed E-state index contributed by atoms with van der Waals surface area (Å²) >= 11 is 7.44. The molecule has 5 heteroatoms. The number of carbonyl (C=O) groups is 1. The zero-order valence-corrected chi connectivity index (χ0v) is 12.3. The second-order valence-electron chi connectivity index (χ2n) is 4.61. The maximum atomic E-state index is 11.5. The molecule has 1 fully saturated rings. The van der Waals surface area contributed by atoms with Crippen LogP contribution in [0.2, 0.25) is 5.02 Å². The zero-order valence-electron chi connectivity index (χ0n) is 10.7. The molecule has 1 N–H and O–H groups in total. The minimum atomic E-state index is 0.125. The van der Waals surface area contributed by atoms with E-state index in [9.17, 15) is 4.79 Å². The van der Waals surface area contributed by atoms with Gasteiger partial charge >= 0.3 is 0 Å². The van der Waals surface area contributed by atoms with Crippen LogP contribution in [-0.4, -0.2) is 30.6 Å². The molecule has 0 heterocycles. The molecule has 0 atom stereocenters. The molecule has 0 saturated heterocycles. The van der Waals surface area contributed by atoms with Gasteiger partial charge in [-0.15, -0.1) is 11.8 Å². The third kappa shape index (κ3) is 6.21. The van der Waals surface area contributed by atoms with Crippen molar-refractivity contribution in [3.63, 3.8) is 0 Å². The highest BCUT2D eigenvalue weighted by Crippen LogP contribution is 2.27. The summed E-state index contributed by atoms with van der Waals surface area (Å²) in [7, 11) is 0. The van der Waals surface area contributed by atoms with Crippen LogP contribution in [0.15, 0.2) is 24.3 Å². The first-order valence-corrected chi connectivity index (χ1v) is 8.00. The summed E-state index contributed by atoms with van der Waals surface area (Å²) in [6.45, 7) is 1.43. The molecule has 1 aliphatic rings. The van der Waals surface area contributed by atoms with Crippen molar-refractivity contribution >= 4 is 29.3 Å². The lowest BCUT2D eigenvalue weighted by molar-refractivity contribution is -0.118. The van der Waals surface area contributed by atoms with Crippen molar-refractivity contribution in [2.45, 2.75) is 12.8 Å². The first-order valence-electron chi connectivity index (χ1n) is 6.47. The number of halogens is 1. The molecule has 19 heavy (non-hydrogen) atoms. The van der Waals surface area contributed by atoms with Crippen molar-refractivity contribution in [1.82, 2.24) is 5.32 Å². The summed E-state index contributed by atoms with van der Waals surface area (Å²) < 4.78 is 5.54. The third-order valence-electron chi connectivity index (χ3n) is 2.81. The Morgan fingerprint density at radius 3 is 3.05 bits per heavy atom. The van der Waals surface area contributed by atoms with E-state index in [0.717, 1.165) is 24.0 Å². The van der Waals surface area contributed by atoms with E-state index in [1.54, 1.807) is 17.8 Å². The number of hydrogen-bond acceptors (Lipinski definition) is 3. The van der Waals surface area contributed by atoms with Crippen LogP contribution in [-0.2, 0) is 4.79 Å². The average molecular weight is 300 g/mol. The van der Waals surface area contributed by atoms with Gasteiger partial charge in [-0.2, -0.15) is 0 Å². The molecule has 2 rings (SSSR count). The van der Waals surface area contributed by atoms with Gasteiger partial charge in [0.25, 0.3) is 0 Å². The molecular formula is C14H18ClNO2S. The Labute approximate surface area is 123 Å². The summed E-state index contributed by atoms with van der Waals surface area (Å²) in [5, 5.41) is 3.61. The van der Waals surface area contributed by atoms with Crippen LogP contribution in [0.4, 0.5) is 0 Å². The molecule has 0 spiro atoms. The molecule has 0 unspecified atom stereocenters. The topological polar surface area (TPSA) is 38.3 Å². The molecule has 0 aliphatic heterocycles. The van der Waals surface area contributed by atoms with Crippen molar-refractivity contribution in [1.29, 1.82) is 0 Å². The van der Waals surface area contributed by atoms with Crippen LogP contribution in [0.3, 0.4) is 0 Å². The Hall–Kier alpha value is -0.870. The fourth-order valence-corrected chi connectivity index (χ4v) is 2.38. The van der Waals surface area contributed by atoms with Gasteiger partial charge in [-0.05, 0) is 37.0 Å². The second kappa shape index (κ2) is 7.65. The van der Waals surface area contributed by atoms with Gasteiger partial charge in [0.05, 0.1) is 12.4 Å². The van der Waals surface area contributed by atoms with Gasteiger partial charge in [-0.3, -0.25) is 4.79 Å². The quantitative estimate of drug-likeness (QED) is 0.750. The van der Waals surface area contributed by atoms with E-state index in [2.05, 4.69) is 5.32 Å². The van der Waals surface area contributed by atoms with E-state index in [0.29, 0.717) is 17.4 Å². The van der Waals surface area contributed by atoms with Crippen LogP contribution in [0.5, 0.6) is 5.75 Å². The van der Waals surface area contributed by atoms with E-state index in [-0.39, 0.29) is 5.91 Å². The minimum Gasteiger partial charge on any atom is -0.493 e. The summed E-state index contributed by atoms with van der Waals surface area (Å²) in [4.78, 5) is 11.5. The van der Waals surface area contributed by atoms with Gasteiger partial charge in [0.1, 0.15) is 5.75 Å². The number of thioether (sulfide) groups is 1. The number of benzene rings is 1. The highest BCUT2D eigenvalue weighted by molar-refractivity contribution is 7.99. The summed E-state index contributed by atoms with van der Waals surface area (Å²) in [6, 6.07) is 7.33. The molecule has 1 aliphatic carbocycles. The number of amides is 1. The highest BCUT2D eigenvalue weighted by Gasteiger charge is 2.21. The number of hydrogen-bond donors (Lipinski definition) is 1. The Balaban J connectivity index is 1.50. The molecule has 3 nitrogen and oxygen atoms in total. The summed E-state index contributed by atoms with van der Waals surface area (Å²) in [6.07, 6.45) is 2.53. The fraction of sp³-hybridized carbons (Fsp3) is 0.500. The predicted molar refractivity (Wildman–Crippen MR) is 80.0 cm³/mol. The summed E-state index contributed by atoms with van der Waals surface area (Å²) in [5.74, 6) is 2.93. The molecule has 1 aromatic rings. The number of ether oxygens (including phenoxy) is 1. The first kappa shape index (κ1) is 14.5. The van der Waals surface area contributed by atoms with Gasteiger partial charge in [0, 0.05) is 17.3 Å². The lowest BCUT2D eigenvalue weighted by Crippen LogP contribution is -2.27. The van der Waals surface area contributed by atoms with E-state index >= 15 is 0 Å². The van der Waals surface area contributed by atoms with Crippen molar-refractivity contribution in [3.8, 4) is 5.75 Å². The molecule has 1 saturated carbocycles. The third-order valence-corrected chi connectivity index (χ3v) is 3.97. The van der Waals surface area contributed by atoms with Crippen molar-refractivity contribution in [2.75, 3.05) is 24.7 Å². The monoisotopic (exact) mass is 299 g/mol.